The highest BCUT2D eigenvalue weighted by Gasteiger charge is 2.25. The van der Waals surface area contributed by atoms with E-state index in [-0.39, 0.29) is 17.4 Å². The van der Waals surface area contributed by atoms with E-state index in [1.54, 1.807) is 40.1 Å². The second-order valence-electron chi connectivity index (χ2n) is 6.04. The number of hydrogen-bond donors (Lipinski definition) is 0. The van der Waals surface area contributed by atoms with Gasteiger partial charge in [-0.15, -0.1) is 0 Å². The topological polar surface area (TPSA) is 40.6 Å². The minimum Gasteiger partial charge on any atom is -0.337 e. The summed E-state index contributed by atoms with van der Waals surface area (Å²) in [5.74, 6) is -1.02. The van der Waals surface area contributed by atoms with Crippen LogP contribution >= 0.6 is 27.5 Å². The molecule has 0 N–H and O–H groups in total. The minimum atomic E-state index is -0.530. The minimum absolute atomic E-state index is 0.0601. The smallest absolute Gasteiger partial charge is 0.256 e. The maximum Gasteiger partial charge on any atom is 0.256 e. The van der Waals surface area contributed by atoms with E-state index >= 15 is 0 Å². The zero-order chi connectivity index (χ0) is 18.7. The first-order valence-electron chi connectivity index (χ1n) is 8.25. The molecule has 1 aliphatic rings. The maximum absolute atomic E-state index is 13.9. The van der Waals surface area contributed by atoms with Crippen molar-refractivity contribution >= 4 is 39.3 Å². The first-order chi connectivity index (χ1) is 12.5. The predicted octanol–water partition coefficient (Wildman–Crippen LogP) is 4.23. The van der Waals surface area contributed by atoms with E-state index in [0.29, 0.717) is 47.7 Å². The number of rotatable bonds is 2. The Morgan fingerprint density at radius 3 is 2.19 bits per heavy atom. The van der Waals surface area contributed by atoms with Crippen LogP contribution in [0.2, 0.25) is 5.02 Å². The monoisotopic (exact) mass is 438 g/mol. The van der Waals surface area contributed by atoms with Gasteiger partial charge < -0.3 is 9.80 Å². The molecule has 0 atom stereocenters. The normalized spacial score (nSPS) is 14.9. The Hall–Kier alpha value is -1.92. The molecule has 1 fully saturated rings. The van der Waals surface area contributed by atoms with Crippen LogP contribution in [0.3, 0.4) is 0 Å². The highest BCUT2D eigenvalue weighted by molar-refractivity contribution is 9.10. The molecule has 26 heavy (non-hydrogen) atoms. The molecule has 136 valence electrons. The zero-order valence-corrected chi connectivity index (χ0v) is 16.3. The van der Waals surface area contributed by atoms with E-state index in [1.807, 2.05) is 0 Å². The Labute approximate surface area is 164 Å². The van der Waals surface area contributed by atoms with Gasteiger partial charge in [0.2, 0.25) is 0 Å². The molecule has 1 aliphatic heterocycles. The highest BCUT2D eigenvalue weighted by Crippen LogP contribution is 2.23. The summed E-state index contributed by atoms with van der Waals surface area (Å²) in [6.45, 7) is 1.75. The quantitative estimate of drug-likeness (QED) is 0.703. The second-order valence-corrected chi connectivity index (χ2v) is 7.33. The molecule has 1 saturated heterocycles. The second kappa shape index (κ2) is 8.18. The molecule has 0 aromatic heterocycles. The number of carbonyl (C=O) groups is 2. The largest absolute Gasteiger partial charge is 0.337 e. The first-order valence-corrected chi connectivity index (χ1v) is 9.42. The molecular weight excluding hydrogens is 423 g/mol. The Morgan fingerprint density at radius 2 is 1.54 bits per heavy atom. The van der Waals surface area contributed by atoms with E-state index in [0.717, 1.165) is 0 Å². The predicted molar refractivity (Wildman–Crippen MR) is 102 cm³/mol. The number of hydrogen-bond acceptors (Lipinski definition) is 2. The van der Waals surface area contributed by atoms with E-state index in [9.17, 15) is 14.0 Å². The molecule has 0 unspecified atom stereocenters. The van der Waals surface area contributed by atoms with Crippen molar-refractivity contribution in [3.8, 4) is 0 Å². The molecule has 0 bridgehead atoms. The summed E-state index contributed by atoms with van der Waals surface area (Å²) in [6, 6.07) is 11.0. The van der Waals surface area contributed by atoms with Gasteiger partial charge in [0.1, 0.15) is 5.82 Å². The van der Waals surface area contributed by atoms with Crippen LogP contribution in [0, 0.1) is 5.82 Å². The summed E-state index contributed by atoms with van der Waals surface area (Å²) >= 11 is 9.38. The number of nitrogens with zero attached hydrogens (tertiary/aromatic N) is 2. The van der Waals surface area contributed by atoms with Gasteiger partial charge in [0.15, 0.2) is 0 Å². The molecule has 1 heterocycles. The fourth-order valence-corrected chi connectivity index (χ4v) is 3.55. The Bertz CT molecular complexity index is 846. The van der Waals surface area contributed by atoms with Gasteiger partial charge >= 0.3 is 0 Å². The van der Waals surface area contributed by atoms with Crippen LogP contribution < -0.4 is 0 Å². The summed E-state index contributed by atoms with van der Waals surface area (Å²) in [5.41, 5.74) is 0.552. The summed E-state index contributed by atoms with van der Waals surface area (Å²) in [6.07, 6.45) is 0.629. The molecular formula is C19H17BrClFN2O2. The summed E-state index contributed by atoms with van der Waals surface area (Å²) in [5, 5.41) is 0.489. The molecule has 0 radical (unpaired) electrons. The van der Waals surface area contributed by atoms with Crippen molar-refractivity contribution in [1.29, 1.82) is 0 Å². The van der Waals surface area contributed by atoms with Crippen molar-refractivity contribution in [3.63, 3.8) is 0 Å². The Morgan fingerprint density at radius 1 is 0.923 bits per heavy atom. The van der Waals surface area contributed by atoms with Gasteiger partial charge in [0.05, 0.1) is 11.1 Å². The fourth-order valence-electron chi connectivity index (χ4n) is 2.96. The van der Waals surface area contributed by atoms with Crippen molar-refractivity contribution < 1.29 is 14.0 Å². The average Bonchev–Trinajstić information content (AvgIpc) is 2.89. The van der Waals surface area contributed by atoms with Gasteiger partial charge in [-0.05, 0) is 52.7 Å². The van der Waals surface area contributed by atoms with Crippen molar-refractivity contribution in [1.82, 2.24) is 9.80 Å². The van der Waals surface area contributed by atoms with Gasteiger partial charge in [-0.1, -0.05) is 23.7 Å². The van der Waals surface area contributed by atoms with E-state index < -0.39 is 5.82 Å². The molecule has 2 aromatic carbocycles. The fraction of sp³-hybridized carbons (Fsp3) is 0.263. The molecule has 2 amide bonds. The van der Waals surface area contributed by atoms with Crippen molar-refractivity contribution in [2.45, 2.75) is 6.42 Å². The third kappa shape index (κ3) is 4.07. The average molecular weight is 440 g/mol. The van der Waals surface area contributed by atoms with Gasteiger partial charge in [-0.2, -0.15) is 0 Å². The molecule has 7 heteroatoms. The molecule has 2 aromatic rings. The number of carbonyl (C=O) groups excluding carboxylic acids is 2. The SMILES string of the molecule is O=C(c1ccccc1F)N1CCCN(C(=O)c2cc(Cl)ccc2Br)CC1. The van der Waals surface area contributed by atoms with E-state index in [2.05, 4.69) is 15.9 Å². The third-order valence-electron chi connectivity index (χ3n) is 4.33. The first kappa shape index (κ1) is 18.9. The van der Waals surface area contributed by atoms with E-state index in [1.165, 1.54) is 12.1 Å². The van der Waals surface area contributed by atoms with Crippen LogP contribution in [0.4, 0.5) is 4.39 Å². The van der Waals surface area contributed by atoms with Gasteiger partial charge in [-0.3, -0.25) is 9.59 Å². The van der Waals surface area contributed by atoms with Crippen LogP contribution in [0.15, 0.2) is 46.9 Å². The standard InChI is InChI=1S/C19H17BrClFN2O2/c20-16-7-6-13(21)12-15(16)19(26)24-9-3-8-23(10-11-24)18(25)14-4-1-2-5-17(14)22/h1-2,4-7,12H,3,8-11H2. The van der Waals surface area contributed by atoms with Crippen molar-refractivity contribution in [3.05, 3.63) is 68.9 Å². The van der Waals surface area contributed by atoms with Crippen LogP contribution in [0.25, 0.3) is 0 Å². The van der Waals surface area contributed by atoms with Gasteiger partial charge in [-0.25, -0.2) is 4.39 Å². The summed E-state index contributed by atoms with van der Waals surface area (Å²) < 4.78 is 14.6. The van der Waals surface area contributed by atoms with Crippen molar-refractivity contribution in [2.24, 2.45) is 0 Å². The summed E-state index contributed by atoms with van der Waals surface area (Å²) in [4.78, 5) is 28.7. The molecule has 0 saturated carbocycles. The summed E-state index contributed by atoms with van der Waals surface area (Å²) in [7, 11) is 0. The van der Waals surface area contributed by atoms with E-state index in [4.69, 9.17) is 11.6 Å². The molecule has 3 rings (SSSR count). The lowest BCUT2D eigenvalue weighted by Crippen LogP contribution is -2.37. The number of halogens is 3. The maximum atomic E-state index is 13.9. The molecule has 0 spiro atoms. The molecule has 4 nitrogen and oxygen atoms in total. The van der Waals surface area contributed by atoms with Crippen LogP contribution in [0.5, 0.6) is 0 Å². The van der Waals surface area contributed by atoms with Crippen LogP contribution in [-0.4, -0.2) is 47.8 Å². The lowest BCUT2D eigenvalue weighted by Gasteiger charge is -2.23. The van der Waals surface area contributed by atoms with Gasteiger partial charge in [0, 0.05) is 35.7 Å². The third-order valence-corrected chi connectivity index (χ3v) is 5.26. The molecule has 0 aliphatic carbocycles. The lowest BCUT2D eigenvalue weighted by atomic mass is 10.2. The van der Waals surface area contributed by atoms with Crippen LogP contribution in [0.1, 0.15) is 27.1 Å². The Kier molecular flexibility index (Phi) is 5.94. The van der Waals surface area contributed by atoms with Crippen LogP contribution in [-0.2, 0) is 0 Å². The number of amides is 2. The van der Waals surface area contributed by atoms with Gasteiger partial charge in [0.25, 0.3) is 11.8 Å². The van der Waals surface area contributed by atoms with Crippen molar-refractivity contribution in [2.75, 3.05) is 26.2 Å². The Balaban J connectivity index is 1.72. The number of benzene rings is 2. The highest BCUT2D eigenvalue weighted by atomic mass is 79.9. The lowest BCUT2D eigenvalue weighted by molar-refractivity contribution is 0.0715. The zero-order valence-electron chi connectivity index (χ0n) is 13.9.